The van der Waals surface area contributed by atoms with Crippen molar-refractivity contribution in [1.29, 1.82) is 0 Å². The van der Waals surface area contributed by atoms with Gasteiger partial charge in [0, 0.05) is 13.1 Å². The third-order valence-corrected chi connectivity index (χ3v) is 2.93. The predicted molar refractivity (Wildman–Crippen MR) is 54.3 cm³/mol. The molecule has 1 heterocycles. The molecule has 0 atom stereocenters. The fourth-order valence-electron chi connectivity index (χ4n) is 1.86. The number of nitrogens with one attached hydrogen (secondary N) is 1. The van der Waals surface area contributed by atoms with Crippen LogP contribution in [0.5, 0.6) is 0 Å². The van der Waals surface area contributed by atoms with Gasteiger partial charge in [0.25, 0.3) is 0 Å². The molecule has 0 amide bonds. The van der Waals surface area contributed by atoms with Gasteiger partial charge in [0.1, 0.15) is 0 Å². The second-order valence-electron chi connectivity index (χ2n) is 3.86. The minimum Gasteiger partial charge on any atom is -0.316 e. The van der Waals surface area contributed by atoms with Crippen molar-refractivity contribution in [3.63, 3.8) is 0 Å². The Hall–Kier alpha value is -0.300. The molecule has 1 spiro atoms. The lowest BCUT2D eigenvalue weighted by molar-refractivity contribution is 0.149. The highest BCUT2D eigenvalue weighted by molar-refractivity contribution is 5.10. The summed E-state index contributed by atoms with van der Waals surface area (Å²) in [4.78, 5) is 0. The molecule has 0 bridgehead atoms. The lowest BCUT2D eigenvalue weighted by Gasteiger charge is -2.44. The first-order chi connectivity index (χ1) is 5.81. The van der Waals surface area contributed by atoms with Gasteiger partial charge in [0.2, 0.25) is 0 Å². The Morgan fingerprint density at radius 2 is 2.00 bits per heavy atom. The Morgan fingerprint density at radius 3 is 2.33 bits per heavy atom. The average molecular weight is 167 g/mol. The highest BCUT2D eigenvalue weighted by atomic mass is 15.0. The number of rotatable bonds is 0. The van der Waals surface area contributed by atoms with Gasteiger partial charge in [0.05, 0.1) is 0 Å². The Bertz CT molecular complexity index is 166. The SMILES string of the molecule is CC.CC1=CCC2(CC1)CNC2. The van der Waals surface area contributed by atoms with Crippen LogP contribution in [-0.2, 0) is 0 Å². The second kappa shape index (κ2) is 4.08. The molecule has 70 valence electrons. The average Bonchev–Trinajstić information content (AvgIpc) is 2.07. The Morgan fingerprint density at radius 1 is 1.33 bits per heavy atom. The van der Waals surface area contributed by atoms with Crippen molar-refractivity contribution in [1.82, 2.24) is 5.32 Å². The van der Waals surface area contributed by atoms with E-state index in [1.54, 1.807) is 5.57 Å². The zero-order valence-electron chi connectivity index (χ0n) is 8.61. The summed E-state index contributed by atoms with van der Waals surface area (Å²) in [5.41, 5.74) is 2.29. The molecule has 0 aromatic carbocycles. The van der Waals surface area contributed by atoms with Gasteiger partial charge in [0.15, 0.2) is 0 Å². The maximum absolute atomic E-state index is 3.36. The van der Waals surface area contributed by atoms with Crippen molar-refractivity contribution in [2.75, 3.05) is 13.1 Å². The molecule has 2 rings (SSSR count). The first-order valence-corrected chi connectivity index (χ1v) is 5.17. The maximum Gasteiger partial charge on any atom is 0.00233 e. The van der Waals surface area contributed by atoms with E-state index in [1.165, 1.54) is 32.4 Å². The number of hydrogen-bond donors (Lipinski definition) is 1. The molecule has 1 aliphatic carbocycles. The van der Waals surface area contributed by atoms with E-state index in [-0.39, 0.29) is 0 Å². The molecule has 1 saturated heterocycles. The standard InChI is InChI=1S/C9H15N.C2H6/c1-8-2-4-9(5-3-8)6-10-7-9;1-2/h2,10H,3-7H2,1H3;1-2H3. The zero-order valence-corrected chi connectivity index (χ0v) is 8.61. The summed E-state index contributed by atoms with van der Waals surface area (Å²) in [6, 6.07) is 0. The van der Waals surface area contributed by atoms with Crippen LogP contribution in [0, 0.1) is 5.41 Å². The first kappa shape index (κ1) is 9.79. The van der Waals surface area contributed by atoms with Gasteiger partial charge in [-0.25, -0.2) is 0 Å². The van der Waals surface area contributed by atoms with E-state index < -0.39 is 0 Å². The molecule has 1 aliphatic heterocycles. The van der Waals surface area contributed by atoms with Gasteiger partial charge in [-0.2, -0.15) is 0 Å². The van der Waals surface area contributed by atoms with E-state index in [0.29, 0.717) is 5.41 Å². The van der Waals surface area contributed by atoms with Crippen molar-refractivity contribution in [3.8, 4) is 0 Å². The quantitative estimate of drug-likeness (QED) is 0.547. The van der Waals surface area contributed by atoms with Gasteiger partial charge in [-0.05, 0) is 31.6 Å². The van der Waals surface area contributed by atoms with Crippen LogP contribution in [0.2, 0.25) is 0 Å². The normalized spacial score (nSPS) is 25.1. The summed E-state index contributed by atoms with van der Waals surface area (Å²) < 4.78 is 0. The Kier molecular flexibility index (Phi) is 3.33. The third-order valence-electron chi connectivity index (χ3n) is 2.93. The summed E-state index contributed by atoms with van der Waals surface area (Å²) in [5, 5.41) is 3.36. The highest BCUT2D eigenvalue weighted by Gasteiger charge is 2.36. The Labute approximate surface area is 76.2 Å². The molecule has 0 saturated carbocycles. The fraction of sp³-hybridized carbons (Fsp3) is 0.818. The monoisotopic (exact) mass is 167 g/mol. The van der Waals surface area contributed by atoms with Crippen LogP contribution in [0.15, 0.2) is 11.6 Å². The zero-order chi connectivity index (χ0) is 9.03. The molecule has 0 radical (unpaired) electrons. The van der Waals surface area contributed by atoms with Crippen LogP contribution in [0.1, 0.15) is 40.0 Å². The van der Waals surface area contributed by atoms with Crippen LogP contribution in [0.4, 0.5) is 0 Å². The highest BCUT2D eigenvalue weighted by Crippen LogP contribution is 2.38. The molecule has 1 fully saturated rings. The molecule has 0 aromatic heterocycles. The van der Waals surface area contributed by atoms with E-state index in [4.69, 9.17) is 0 Å². The van der Waals surface area contributed by atoms with E-state index >= 15 is 0 Å². The van der Waals surface area contributed by atoms with Gasteiger partial charge in [-0.3, -0.25) is 0 Å². The molecule has 2 aliphatic rings. The van der Waals surface area contributed by atoms with Crippen LogP contribution in [0.25, 0.3) is 0 Å². The second-order valence-corrected chi connectivity index (χ2v) is 3.86. The van der Waals surface area contributed by atoms with Crippen molar-refractivity contribution >= 4 is 0 Å². The number of hydrogen-bond acceptors (Lipinski definition) is 1. The minimum atomic E-state index is 0.694. The molecule has 12 heavy (non-hydrogen) atoms. The molecule has 0 unspecified atom stereocenters. The number of allylic oxidation sites excluding steroid dienone is 2. The summed E-state index contributed by atoms with van der Waals surface area (Å²) in [6.07, 6.45) is 6.50. The smallest absolute Gasteiger partial charge is 0.00233 e. The largest absolute Gasteiger partial charge is 0.316 e. The summed E-state index contributed by atoms with van der Waals surface area (Å²) in [6.45, 7) is 8.77. The van der Waals surface area contributed by atoms with Crippen LogP contribution in [0.3, 0.4) is 0 Å². The van der Waals surface area contributed by atoms with Gasteiger partial charge in [-0.15, -0.1) is 0 Å². The molecule has 0 aromatic rings. The van der Waals surface area contributed by atoms with Crippen molar-refractivity contribution in [3.05, 3.63) is 11.6 Å². The minimum absolute atomic E-state index is 0.694. The van der Waals surface area contributed by atoms with E-state index in [0.717, 1.165) is 0 Å². The lowest BCUT2D eigenvalue weighted by Crippen LogP contribution is -2.53. The predicted octanol–water partition coefficient (Wildman–Crippen LogP) is 2.73. The molecule has 1 heteroatoms. The lowest BCUT2D eigenvalue weighted by atomic mass is 9.71. The summed E-state index contributed by atoms with van der Waals surface area (Å²) >= 11 is 0. The molecule has 1 N–H and O–H groups in total. The van der Waals surface area contributed by atoms with Crippen molar-refractivity contribution < 1.29 is 0 Å². The molecule has 1 nitrogen and oxygen atoms in total. The van der Waals surface area contributed by atoms with E-state index in [9.17, 15) is 0 Å². The third kappa shape index (κ3) is 1.89. The topological polar surface area (TPSA) is 12.0 Å². The summed E-state index contributed by atoms with van der Waals surface area (Å²) in [5.74, 6) is 0. The van der Waals surface area contributed by atoms with E-state index in [2.05, 4.69) is 18.3 Å². The van der Waals surface area contributed by atoms with Gasteiger partial charge in [-0.1, -0.05) is 25.5 Å². The van der Waals surface area contributed by atoms with Crippen molar-refractivity contribution in [2.24, 2.45) is 5.41 Å². The van der Waals surface area contributed by atoms with Crippen LogP contribution in [-0.4, -0.2) is 13.1 Å². The first-order valence-electron chi connectivity index (χ1n) is 5.17. The van der Waals surface area contributed by atoms with Crippen molar-refractivity contribution in [2.45, 2.75) is 40.0 Å². The fourth-order valence-corrected chi connectivity index (χ4v) is 1.86. The van der Waals surface area contributed by atoms with Gasteiger partial charge < -0.3 is 5.32 Å². The summed E-state index contributed by atoms with van der Waals surface area (Å²) in [7, 11) is 0. The van der Waals surface area contributed by atoms with Gasteiger partial charge >= 0.3 is 0 Å². The maximum atomic E-state index is 3.36. The molecular weight excluding hydrogens is 146 g/mol. The molecular formula is C11H21N. The van der Waals surface area contributed by atoms with Crippen LogP contribution < -0.4 is 5.32 Å². The Balaban J connectivity index is 0.000000336. The van der Waals surface area contributed by atoms with E-state index in [1.807, 2.05) is 13.8 Å². The van der Waals surface area contributed by atoms with Crippen LogP contribution >= 0.6 is 0 Å².